The number of likely N-dealkylation sites (tertiary alicyclic amines) is 1. The molecule has 1 saturated heterocycles. The van der Waals surface area contributed by atoms with E-state index in [4.69, 9.17) is 0 Å². The van der Waals surface area contributed by atoms with Gasteiger partial charge in [-0.15, -0.1) is 0 Å². The first kappa shape index (κ1) is 13.8. The molecule has 0 radical (unpaired) electrons. The Bertz CT molecular complexity index is 481. The second-order valence-corrected chi connectivity index (χ2v) is 6.25. The van der Waals surface area contributed by atoms with Crippen LogP contribution in [-0.2, 0) is 10.2 Å². The lowest BCUT2D eigenvalue weighted by atomic mass is 9.88. The van der Waals surface area contributed by atoms with Crippen LogP contribution in [0.15, 0.2) is 30.3 Å². The molecule has 1 heterocycles. The first-order valence-electron chi connectivity index (χ1n) is 7.64. The summed E-state index contributed by atoms with van der Waals surface area (Å²) < 4.78 is 0. The Morgan fingerprint density at radius 1 is 1.35 bits per heavy atom. The molecule has 2 unspecified atom stereocenters. The van der Waals surface area contributed by atoms with E-state index in [2.05, 4.69) is 17.0 Å². The monoisotopic (exact) mass is 273 g/mol. The normalized spacial score (nSPS) is 26.7. The smallest absolute Gasteiger partial charge is 0.150 e. The van der Waals surface area contributed by atoms with Crippen molar-refractivity contribution in [3.8, 4) is 0 Å². The maximum absolute atomic E-state index is 11.6. The molecular formula is C17H23NO2. The minimum atomic E-state index is -0.298. The molecule has 1 aromatic rings. The van der Waals surface area contributed by atoms with Gasteiger partial charge in [0, 0.05) is 24.9 Å². The molecule has 2 aliphatic rings. The number of aliphatic hydroxyl groups is 1. The van der Waals surface area contributed by atoms with Crippen molar-refractivity contribution in [2.75, 3.05) is 13.1 Å². The third kappa shape index (κ3) is 2.40. The van der Waals surface area contributed by atoms with Gasteiger partial charge in [-0.1, -0.05) is 30.3 Å². The minimum absolute atomic E-state index is 0.0196. The van der Waals surface area contributed by atoms with E-state index in [0.29, 0.717) is 12.2 Å². The largest absolute Gasteiger partial charge is 0.392 e. The van der Waals surface area contributed by atoms with Gasteiger partial charge >= 0.3 is 0 Å². The van der Waals surface area contributed by atoms with E-state index in [9.17, 15) is 9.90 Å². The predicted octanol–water partition coefficient (Wildman–Crippen LogP) is 2.13. The predicted molar refractivity (Wildman–Crippen MR) is 78.6 cm³/mol. The Labute approximate surface area is 120 Å². The van der Waals surface area contributed by atoms with Gasteiger partial charge in [0.2, 0.25) is 0 Å². The number of nitrogens with zero attached hydrogens (tertiary/aromatic N) is 1. The van der Waals surface area contributed by atoms with Crippen LogP contribution in [0, 0.1) is 0 Å². The molecule has 3 heteroatoms. The molecule has 1 N–H and O–H groups in total. The molecular weight excluding hydrogens is 250 g/mol. The van der Waals surface area contributed by atoms with E-state index < -0.39 is 0 Å². The molecule has 0 amide bonds. The van der Waals surface area contributed by atoms with Crippen molar-refractivity contribution >= 4 is 5.78 Å². The van der Waals surface area contributed by atoms with Crippen molar-refractivity contribution < 1.29 is 9.90 Å². The number of carbonyl (C=O) groups excluding carboxylic acids is 1. The molecule has 2 fully saturated rings. The van der Waals surface area contributed by atoms with Gasteiger partial charge in [-0.3, -0.25) is 9.69 Å². The van der Waals surface area contributed by atoms with Crippen LogP contribution in [0.4, 0.5) is 0 Å². The van der Waals surface area contributed by atoms with Crippen LogP contribution < -0.4 is 0 Å². The Hall–Kier alpha value is -1.19. The summed E-state index contributed by atoms with van der Waals surface area (Å²) in [6.07, 6.45) is 3.28. The fourth-order valence-electron chi connectivity index (χ4n) is 3.45. The summed E-state index contributed by atoms with van der Waals surface area (Å²) >= 11 is 0. The molecule has 3 nitrogen and oxygen atoms in total. The fraction of sp³-hybridized carbons (Fsp3) is 0.588. The topological polar surface area (TPSA) is 40.5 Å². The van der Waals surface area contributed by atoms with Gasteiger partial charge in [0.15, 0.2) is 5.78 Å². The van der Waals surface area contributed by atoms with Crippen molar-refractivity contribution in [3.63, 3.8) is 0 Å². The van der Waals surface area contributed by atoms with Crippen molar-refractivity contribution in [2.24, 2.45) is 0 Å². The second-order valence-electron chi connectivity index (χ2n) is 6.25. The van der Waals surface area contributed by atoms with Crippen molar-refractivity contribution in [3.05, 3.63) is 35.9 Å². The Morgan fingerprint density at radius 3 is 2.60 bits per heavy atom. The number of carbonyl (C=O) groups is 1. The van der Waals surface area contributed by atoms with Crippen molar-refractivity contribution in [1.29, 1.82) is 0 Å². The highest BCUT2D eigenvalue weighted by Gasteiger charge is 2.50. The average Bonchev–Trinajstić information content (AvgIpc) is 3.23. The van der Waals surface area contributed by atoms with Crippen LogP contribution in [0.5, 0.6) is 0 Å². The molecule has 1 aromatic carbocycles. The number of hydrogen-bond donors (Lipinski definition) is 1. The summed E-state index contributed by atoms with van der Waals surface area (Å²) in [7, 11) is 0. The zero-order valence-electron chi connectivity index (χ0n) is 12.1. The van der Waals surface area contributed by atoms with E-state index in [-0.39, 0.29) is 17.6 Å². The van der Waals surface area contributed by atoms with E-state index >= 15 is 0 Å². The highest BCUT2D eigenvalue weighted by Crippen LogP contribution is 2.51. The van der Waals surface area contributed by atoms with Gasteiger partial charge in [0.05, 0.1) is 12.1 Å². The van der Waals surface area contributed by atoms with Gasteiger partial charge < -0.3 is 5.11 Å². The molecule has 1 saturated carbocycles. The van der Waals surface area contributed by atoms with Crippen LogP contribution in [0.3, 0.4) is 0 Å². The average molecular weight is 273 g/mol. The molecule has 20 heavy (non-hydrogen) atoms. The first-order chi connectivity index (χ1) is 9.63. The van der Waals surface area contributed by atoms with Crippen LogP contribution in [0.25, 0.3) is 0 Å². The highest BCUT2D eigenvalue weighted by molar-refractivity contribution is 5.85. The zero-order chi connectivity index (χ0) is 14.2. The maximum Gasteiger partial charge on any atom is 0.150 e. The quantitative estimate of drug-likeness (QED) is 0.893. The van der Waals surface area contributed by atoms with E-state index in [1.165, 1.54) is 5.56 Å². The van der Waals surface area contributed by atoms with Gasteiger partial charge in [-0.2, -0.15) is 0 Å². The Morgan fingerprint density at radius 2 is 2.05 bits per heavy atom. The van der Waals surface area contributed by atoms with Crippen molar-refractivity contribution in [1.82, 2.24) is 4.90 Å². The zero-order valence-corrected chi connectivity index (χ0v) is 12.1. The lowest BCUT2D eigenvalue weighted by molar-refractivity contribution is -0.119. The Kier molecular flexibility index (Phi) is 3.65. The molecule has 2 atom stereocenters. The number of hydrogen-bond acceptors (Lipinski definition) is 3. The minimum Gasteiger partial charge on any atom is -0.392 e. The highest BCUT2D eigenvalue weighted by atomic mass is 16.3. The summed E-state index contributed by atoms with van der Waals surface area (Å²) in [6, 6.07) is 10.4. The number of ketones is 1. The molecule has 3 rings (SSSR count). The van der Waals surface area contributed by atoms with E-state index in [0.717, 1.165) is 32.4 Å². The van der Waals surface area contributed by atoms with Crippen molar-refractivity contribution in [2.45, 2.75) is 50.2 Å². The molecule has 0 aromatic heterocycles. The lowest BCUT2D eigenvalue weighted by Gasteiger charge is -2.26. The molecule has 1 aliphatic heterocycles. The van der Waals surface area contributed by atoms with E-state index in [1.807, 2.05) is 25.1 Å². The van der Waals surface area contributed by atoms with Crippen LogP contribution in [0.1, 0.15) is 38.2 Å². The third-order valence-corrected chi connectivity index (χ3v) is 5.12. The standard InChI is InChI=1S/C17H23NO2/c1-13-15(19)7-11-18(13)12-8-16(20)17(9-10-17)14-5-3-2-4-6-14/h2-6,13,16,20H,7-12H2,1H3. The summed E-state index contributed by atoms with van der Waals surface area (Å²) in [5, 5.41) is 10.6. The number of aliphatic hydroxyl groups excluding tert-OH is 1. The van der Waals surface area contributed by atoms with Crippen LogP contribution in [-0.4, -0.2) is 41.0 Å². The van der Waals surface area contributed by atoms with Gasteiger partial charge in [0.1, 0.15) is 0 Å². The van der Waals surface area contributed by atoms with Gasteiger partial charge in [-0.05, 0) is 31.7 Å². The third-order valence-electron chi connectivity index (χ3n) is 5.12. The maximum atomic E-state index is 11.6. The lowest BCUT2D eigenvalue weighted by Crippen LogP contribution is -2.35. The summed E-state index contributed by atoms with van der Waals surface area (Å²) in [6.45, 7) is 3.65. The molecule has 0 spiro atoms. The van der Waals surface area contributed by atoms with Gasteiger partial charge in [-0.25, -0.2) is 0 Å². The SMILES string of the molecule is CC1C(=O)CCN1CCC(O)C1(c2ccccc2)CC1. The number of rotatable bonds is 5. The second kappa shape index (κ2) is 5.30. The first-order valence-corrected chi connectivity index (χ1v) is 7.64. The summed E-state index contributed by atoms with van der Waals surface area (Å²) in [5.41, 5.74) is 1.24. The van der Waals surface area contributed by atoms with Crippen LogP contribution >= 0.6 is 0 Å². The molecule has 108 valence electrons. The number of Topliss-reactive ketones (excluding diaryl/α,β-unsaturated/α-hetero) is 1. The Balaban J connectivity index is 1.60. The van der Waals surface area contributed by atoms with E-state index in [1.54, 1.807) is 0 Å². The van der Waals surface area contributed by atoms with Crippen LogP contribution in [0.2, 0.25) is 0 Å². The molecule has 0 bridgehead atoms. The molecule has 1 aliphatic carbocycles. The fourth-order valence-corrected chi connectivity index (χ4v) is 3.45. The number of benzene rings is 1. The van der Waals surface area contributed by atoms with Gasteiger partial charge in [0.25, 0.3) is 0 Å². The summed E-state index contributed by atoms with van der Waals surface area (Å²) in [5.74, 6) is 0.337. The summed E-state index contributed by atoms with van der Waals surface area (Å²) in [4.78, 5) is 13.8.